The highest BCUT2D eigenvalue weighted by atomic mass is 15.0. The Morgan fingerprint density at radius 2 is 2.50 bits per heavy atom. The summed E-state index contributed by atoms with van der Waals surface area (Å²) in [5.74, 6) is 0. The SMILES string of the molecule is C=CCCNCc1cccn1C. The molecule has 0 saturated carbocycles. The standard InChI is InChI=1S/C10H16N2/c1-3-4-7-11-9-10-6-5-8-12(10)2/h3,5-6,8,11H,1,4,7,9H2,2H3. The van der Waals surface area contributed by atoms with Crippen LogP contribution in [0.15, 0.2) is 31.0 Å². The first-order valence-corrected chi connectivity index (χ1v) is 4.26. The molecule has 1 rings (SSSR count). The summed E-state index contributed by atoms with van der Waals surface area (Å²) in [4.78, 5) is 0. The Morgan fingerprint density at radius 3 is 3.08 bits per heavy atom. The van der Waals surface area contributed by atoms with E-state index in [1.165, 1.54) is 5.69 Å². The van der Waals surface area contributed by atoms with Crippen LogP contribution in [0.5, 0.6) is 0 Å². The number of aryl methyl sites for hydroxylation is 1. The first-order valence-electron chi connectivity index (χ1n) is 4.26. The van der Waals surface area contributed by atoms with Crippen molar-refractivity contribution in [3.8, 4) is 0 Å². The molecule has 1 N–H and O–H groups in total. The zero-order valence-electron chi connectivity index (χ0n) is 7.59. The molecule has 0 unspecified atom stereocenters. The van der Waals surface area contributed by atoms with Gasteiger partial charge in [0.15, 0.2) is 0 Å². The highest BCUT2D eigenvalue weighted by Crippen LogP contribution is 1.97. The van der Waals surface area contributed by atoms with Gasteiger partial charge in [-0.1, -0.05) is 6.08 Å². The van der Waals surface area contributed by atoms with Crippen LogP contribution in [0.25, 0.3) is 0 Å². The van der Waals surface area contributed by atoms with E-state index in [-0.39, 0.29) is 0 Å². The molecule has 0 fully saturated rings. The number of rotatable bonds is 5. The minimum atomic E-state index is 0.942. The second-order valence-electron chi connectivity index (χ2n) is 2.86. The van der Waals surface area contributed by atoms with Gasteiger partial charge in [0.1, 0.15) is 0 Å². The Labute approximate surface area is 73.9 Å². The minimum Gasteiger partial charge on any atom is -0.353 e. The third kappa shape index (κ3) is 2.55. The van der Waals surface area contributed by atoms with Crippen molar-refractivity contribution in [2.75, 3.05) is 6.54 Å². The summed E-state index contributed by atoms with van der Waals surface area (Å²) >= 11 is 0. The fourth-order valence-corrected chi connectivity index (χ4v) is 1.10. The van der Waals surface area contributed by atoms with Crippen molar-refractivity contribution in [2.24, 2.45) is 7.05 Å². The molecule has 0 bridgehead atoms. The second kappa shape index (κ2) is 4.78. The Hall–Kier alpha value is -1.02. The van der Waals surface area contributed by atoms with E-state index >= 15 is 0 Å². The summed E-state index contributed by atoms with van der Waals surface area (Å²) in [6.07, 6.45) is 5.02. The number of nitrogens with zero attached hydrogens (tertiary/aromatic N) is 1. The molecule has 0 atom stereocenters. The fraction of sp³-hybridized carbons (Fsp3) is 0.400. The monoisotopic (exact) mass is 164 g/mol. The Kier molecular flexibility index (Phi) is 3.61. The van der Waals surface area contributed by atoms with Gasteiger partial charge in [0.05, 0.1) is 0 Å². The largest absolute Gasteiger partial charge is 0.353 e. The van der Waals surface area contributed by atoms with Crippen molar-refractivity contribution >= 4 is 0 Å². The zero-order chi connectivity index (χ0) is 8.81. The maximum atomic E-state index is 3.67. The van der Waals surface area contributed by atoms with Crippen LogP contribution in [-0.2, 0) is 13.6 Å². The van der Waals surface area contributed by atoms with Crippen LogP contribution in [0.3, 0.4) is 0 Å². The van der Waals surface area contributed by atoms with Crippen molar-refractivity contribution < 1.29 is 0 Å². The summed E-state index contributed by atoms with van der Waals surface area (Å²) in [7, 11) is 2.06. The summed E-state index contributed by atoms with van der Waals surface area (Å²) in [6.45, 7) is 5.62. The molecule has 0 spiro atoms. The van der Waals surface area contributed by atoms with Gasteiger partial charge in [0.2, 0.25) is 0 Å². The van der Waals surface area contributed by atoms with Crippen molar-refractivity contribution in [2.45, 2.75) is 13.0 Å². The van der Waals surface area contributed by atoms with Gasteiger partial charge in [-0.25, -0.2) is 0 Å². The van der Waals surface area contributed by atoms with E-state index in [1.54, 1.807) is 0 Å². The van der Waals surface area contributed by atoms with Crippen LogP contribution in [0.1, 0.15) is 12.1 Å². The first kappa shape index (κ1) is 9.07. The van der Waals surface area contributed by atoms with Crippen molar-refractivity contribution in [3.05, 3.63) is 36.7 Å². The average Bonchev–Trinajstić information content (AvgIpc) is 2.46. The lowest BCUT2D eigenvalue weighted by Gasteiger charge is -2.03. The second-order valence-corrected chi connectivity index (χ2v) is 2.86. The summed E-state index contributed by atoms with van der Waals surface area (Å²) < 4.78 is 2.13. The van der Waals surface area contributed by atoms with Gasteiger partial charge in [-0.05, 0) is 25.1 Å². The molecule has 2 nitrogen and oxygen atoms in total. The molecule has 12 heavy (non-hydrogen) atoms. The van der Waals surface area contributed by atoms with E-state index in [0.29, 0.717) is 0 Å². The van der Waals surface area contributed by atoms with E-state index in [4.69, 9.17) is 0 Å². The number of hydrogen-bond donors (Lipinski definition) is 1. The molecule has 0 saturated heterocycles. The maximum absolute atomic E-state index is 3.67. The lowest BCUT2D eigenvalue weighted by atomic mass is 10.4. The van der Waals surface area contributed by atoms with E-state index in [9.17, 15) is 0 Å². The van der Waals surface area contributed by atoms with Gasteiger partial charge in [-0.15, -0.1) is 6.58 Å². The molecule has 0 aliphatic heterocycles. The van der Waals surface area contributed by atoms with Crippen molar-refractivity contribution in [1.29, 1.82) is 0 Å². The molecule has 0 radical (unpaired) electrons. The molecule has 0 aliphatic rings. The van der Waals surface area contributed by atoms with Crippen LogP contribution in [-0.4, -0.2) is 11.1 Å². The van der Waals surface area contributed by atoms with Gasteiger partial charge in [0, 0.05) is 25.5 Å². The van der Waals surface area contributed by atoms with Gasteiger partial charge in [-0.3, -0.25) is 0 Å². The molecule has 1 heterocycles. The normalized spacial score (nSPS) is 10.1. The Bertz CT molecular complexity index is 238. The minimum absolute atomic E-state index is 0.942. The molecule has 0 aromatic carbocycles. The van der Waals surface area contributed by atoms with Gasteiger partial charge in [0.25, 0.3) is 0 Å². The number of nitrogens with one attached hydrogen (secondary N) is 1. The Morgan fingerprint density at radius 1 is 1.67 bits per heavy atom. The van der Waals surface area contributed by atoms with Crippen LogP contribution in [0.4, 0.5) is 0 Å². The highest BCUT2D eigenvalue weighted by molar-refractivity contribution is 5.05. The molecular weight excluding hydrogens is 148 g/mol. The molecule has 1 aromatic rings. The molecular formula is C10H16N2. The summed E-state index contributed by atoms with van der Waals surface area (Å²) in [5, 5.41) is 3.34. The summed E-state index contributed by atoms with van der Waals surface area (Å²) in [5.41, 5.74) is 1.32. The van der Waals surface area contributed by atoms with Gasteiger partial charge < -0.3 is 9.88 Å². The molecule has 1 aromatic heterocycles. The average molecular weight is 164 g/mol. The van der Waals surface area contributed by atoms with E-state index in [0.717, 1.165) is 19.5 Å². The first-order chi connectivity index (χ1) is 5.84. The lowest BCUT2D eigenvalue weighted by molar-refractivity contribution is 0.659. The van der Waals surface area contributed by atoms with E-state index in [1.807, 2.05) is 6.08 Å². The smallest absolute Gasteiger partial charge is 0.0359 e. The molecule has 66 valence electrons. The Balaban J connectivity index is 2.24. The molecule has 0 amide bonds. The van der Waals surface area contributed by atoms with E-state index < -0.39 is 0 Å². The topological polar surface area (TPSA) is 17.0 Å². The zero-order valence-corrected chi connectivity index (χ0v) is 7.59. The van der Waals surface area contributed by atoms with Crippen molar-refractivity contribution in [3.63, 3.8) is 0 Å². The predicted octanol–water partition coefficient (Wildman–Crippen LogP) is 1.69. The predicted molar refractivity (Wildman–Crippen MR) is 51.9 cm³/mol. The van der Waals surface area contributed by atoms with Crippen LogP contribution >= 0.6 is 0 Å². The fourth-order valence-electron chi connectivity index (χ4n) is 1.10. The van der Waals surface area contributed by atoms with E-state index in [2.05, 4.69) is 41.8 Å². The third-order valence-corrected chi connectivity index (χ3v) is 1.88. The maximum Gasteiger partial charge on any atom is 0.0359 e. The molecule has 0 aliphatic carbocycles. The quantitative estimate of drug-likeness (QED) is 0.517. The van der Waals surface area contributed by atoms with Gasteiger partial charge >= 0.3 is 0 Å². The molecule has 2 heteroatoms. The third-order valence-electron chi connectivity index (χ3n) is 1.88. The summed E-state index contributed by atoms with van der Waals surface area (Å²) in [6, 6.07) is 4.19. The van der Waals surface area contributed by atoms with Crippen LogP contribution < -0.4 is 5.32 Å². The van der Waals surface area contributed by atoms with Gasteiger partial charge in [-0.2, -0.15) is 0 Å². The van der Waals surface area contributed by atoms with Crippen LogP contribution in [0.2, 0.25) is 0 Å². The highest BCUT2D eigenvalue weighted by Gasteiger charge is 1.93. The lowest BCUT2D eigenvalue weighted by Crippen LogP contribution is -2.15. The van der Waals surface area contributed by atoms with Crippen LogP contribution in [0, 0.1) is 0 Å². The number of aromatic nitrogens is 1. The van der Waals surface area contributed by atoms with Crippen molar-refractivity contribution in [1.82, 2.24) is 9.88 Å². The number of hydrogen-bond acceptors (Lipinski definition) is 1.